The predicted octanol–water partition coefficient (Wildman–Crippen LogP) is 5.96. The highest BCUT2D eigenvalue weighted by atomic mass is 16.5. The fourth-order valence-corrected chi connectivity index (χ4v) is 4.75. The predicted molar refractivity (Wildman–Crippen MR) is 142 cm³/mol. The standard InChI is InChI=1S/C29H42N2O4/c1-8-9-10-15-22(23-16-12-17-24(34-6)27(23)35-7)26(29(2,3)4)28(33)31-21-14-11-13-20(18-21)19-25(32)30-5/h11-14,16-18,22,26H,8-10,15,19H2,1-7H3,(H,30,32)(H,31,33). The molecule has 0 spiro atoms. The normalized spacial score (nSPS) is 13.0. The van der Waals surface area contributed by atoms with Gasteiger partial charge in [-0.1, -0.05) is 71.2 Å². The average Bonchev–Trinajstić information content (AvgIpc) is 2.82. The average molecular weight is 483 g/mol. The molecule has 6 nitrogen and oxygen atoms in total. The van der Waals surface area contributed by atoms with Crippen LogP contribution in [-0.2, 0) is 16.0 Å². The maximum Gasteiger partial charge on any atom is 0.228 e. The number of benzene rings is 2. The number of ether oxygens (including phenoxy) is 2. The number of methoxy groups -OCH3 is 2. The van der Waals surface area contributed by atoms with Crippen molar-refractivity contribution in [3.05, 3.63) is 53.6 Å². The molecule has 0 aliphatic rings. The van der Waals surface area contributed by atoms with Crippen molar-refractivity contribution in [3.63, 3.8) is 0 Å². The summed E-state index contributed by atoms with van der Waals surface area (Å²) in [4.78, 5) is 25.7. The van der Waals surface area contributed by atoms with Crippen LogP contribution in [0.5, 0.6) is 11.5 Å². The molecule has 2 unspecified atom stereocenters. The van der Waals surface area contributed by atoms with Crippen LogP contribution in [0.15, 0.2) is 42.5 Å². The molecule has 0 fully saturated rings. The fourth-order valence-electron chi connectivity index (χ4n) is 4.75. The molecular weight excluding hydrogens is 440 g/mol. The van der Waals surface area contributed by atoms with Crippen molar-refractivity contribution in [2.75, 3.05) is 26.6 Å². The summed E-state index contributed by atoms with van der Waals surface area (Å²) in [5.74, 6) is 0.873. The summed E-state index contributed by atoms with van der Waals surface area (Å²) in [6, 6.07) is 13.4. The van der Waals surface area contributed by atoms with Crippen LogP contribution < -0.4 is 20.1 Å². The summed E-state index contributed by atoms with van der Waals surface area (Å²) in [6.45, 7) is 8.51. The Balaban J connectivity index is 2.47. The highest BCUT2D eigenvalue weighted by molar-refractivity contribution is 5.94. The number of carbonyl (C=O) groups excluding carboxylic acids is 2. The van der Waals surface area contributed by atoms with Crippen LogP contribution in [0, 0.1) is 11.3 Å². The van der Waals surface area contributed by atoms with Crippen molar-refractivity contribution in [3.8, 4) is 11.5 Å². The number of anilines is 1. The number of hydrogen-bond donors (Lipinski definition) is 2. The van der Waals surface area contributed by atoms with E-state index in [0.717, 1.165) is 36.8 Å². The first-order valence-corrected chi connectivity index (χ1v) is 12.5. The van der Waals surface area contributed by atoms with Gasteiger partial charge in [0, 0.05) is 18.3 Å². The lowest BCUT2D eigenvalue weighted by molar-refractivity contribution is -0.124. The van der Waals surface area contributed by atoms with E-state index in [1.54, 1.807) is 21.3 Å². The van der Waals surface area contributed by atoms with Crippen LogP contribution in [0.3, 0.4) is 0 Å². The molecular formula is C29H42N2O4. The zero-order chi connectivity index (χ0) is 26.0. The first kappa shape index (κ1) is 28.2. The maximum atomic E-state index is 13.9. The Labute approximate surface area is 210 Å². The summed E-state index contributed by atoms with van der Waals surface area (Å²) in [5, 5.41) is 5.79. The number of rotatable bonds is 12. The second kappa shape index (κ2) is 13.2. The number of carbonyl (C=O) groups is 2. The van der Waals surface area contributed by atoms with E-state index in [1.807, 2.05) is 42.5 Å². The molecule has 0 saturated heterocycles. The molecule has 2 rings (SSSR count). The van der Waals surface area contributed by atoms with Gasteiger partial charge in [0.25, 0.3) is 0 Å². The topological polar surface area (TPSA) is 76.7 Å². The fraction of sp³-hybridized carbons (Fsp3) is 0.517. The van der Waals surface area contributed by atoms with Crippen molar-refractivity contribution < 1.29 is 19.1 Å². The van der Waals surface area contributed by atoms with E-state index in [2.05, 4.69) is 38.3 Å². The van der Waals surface area contributed by atoms with Gasteiger partial charge in [-0.05, 0) is 41.5 Å². The molecule has 35 heavy (non-hydrogen) atoms. The van der Waals surface area contributed by atoms with Crippen LogP contribution in [0.4, 0.5) is 5.69 Å². The van der Waals surface area contributed by atoms with Gasteiger partial charge in [-0.15, -0.1) is 0 Å². The second-order valence-corrected chi connectivity index (χ2v) is 10.1. The zero-order valence-corrected chi connectivity index (χ0v) is 22.4. The maximum absolute atomic E-state index is 13.9. The van der Waals surface area contributed by atoms with Crippen molar-refractivity contribution in [2.45, 2.75) is 65.7 Å². The first-order chi connectivity index (χ1) is 16.7. The Morgan fingerprint density at radius 2 is 1.71 bits per heavy atom. The van der Waals surface area contributed by atoms with Crippen LogP contribution >= 0.6 is 0 Å². The van der Waals surface area contributed by atoms with Gasteiger partial charge in [-0.2, -0.15) is 0 Å². The summed E-state index contributed by atoms with van der Waals surface area (Å²) < 4.78 is 11.4. The van der Waals surface area contributed by atoms with Gasteiger partial charge < -0.3 is 20.1 Å². The SMILES string of the molecule is CCCCCC(c1cccc(OC)c1OC)C(C(=O)Nc1cccc(CC(=O)NC)c1)C(C)(C)C. The van der Waals surface area contributed by atoms with Crippen LogP contribution in [0.2, 0.25) is 0 Å². The molecule has 0 radical (unpaired) electrons. The number of unbranched alkanes of at least 4 members (excludes halogenated alkanes) is 2. The Morgan fingerprint density at radius 3 is 2.31 bits per heavy atom. The monoisotopic (exact) mass is 482 g/mol. The minimum absolute atomic E-state index is 0.0408. The van der Waals surface area contributed by atoms with Crippen molar-refractivity contribution >= 4 is 17.5 Å². The lowest BCUT2D eigenvalue weighted by Crippen LogP contribution is -2.38. The van der Waals surface area contributed by atoms with E-state index in [0.29, 0.717) is 17.2 Å². The quantitative estimate of drug-likeness (QED) is 0.366. The summed E-state index contributed by atoms with van der Waals surface area (Å²) in [6.07, 6.45) is 4.35. The molecule has 0 aliphatic heterocycles. The molecule has 0 saturated carbocycles. The molecule has 0 heterocycles. The Hall–Kier alpha value is -3.02. The van der Waals surface area contributed by atoms with E-state index in [4.69, 9.17) is 9.47 Å². The van der Waals surface area contributed by atoms with E-state index in [-0.39, 0.29) is 35.5 Å². The number of amides is 2. The molecule has 2 aromatic carbocycles. The lowest BCUT2D eigenvalue weighted by Gasteiger charge is -2.37. The smallest absolute Gasteiger partial charge is 0.228 e. The Morgan fingerprint density at radius 1 is 1.00 bits per heavy atom. The van der Waals surface area contributed by atoms with Crippen LogP contribution in [0.1, 0.15) is 70.4 Å². The third kappa shape index (κ3) is 7.74. The first-order valence-electron chi connectivity index (χ1n) is 12.5. The van der Waals surface area contributed by atoms with Crippen molar-refractivity contribution in [1.29, 1.82) is 0 Å². The van der Waals surface area contributed by atoms with Gasteiger partial charge in [0.1, 0.15) is 0 Å². The third-order valence-electron chi connectivity index (χ3n) is 6.41. The molecule has 6 heteroatoms. The molecule has 192 valence electrons. The number of hydrogen-bond acceptors (Lipinski definition) is 4. The highest BCUT2D eigenvalue weighted by Crippen LogP contribution is 2.46. The summed E-state index contributed by atoms with van der Waals surface area (Å²) in [7, 11) is 4.90. The minimum Gasteiger partial charge on any atom is -0.493 e. The Bertz CT molecular complexity index is 981. The van der Waals surface area contributed by atoms with E-state index >= 15 is 0 Å². The Kier molecular flexibility index (Phi) is 10.6. The van der Waals surface area contributed by atoms with Gasteiger partial charge in [0.15, 0.2) is 11.5 Å². The van der Waals surface area contributed by atoms with Crippen LogP contribution in [0.25, 0.3) is 0 Å². The van der Waals surface area contributed by atoms with E-state index in [9.17, 15) is 9.59 Å². The van der Waals surface area contributed by atoms with Crippen LogP contribution in [-0.4, -0.2) is 33.1 Å². The molecule has 0 bridgehead atoms. The van der Waals surface area contributed by atoms with E-state index < -0.39 is 0 Å². The molecule has 2 aromatic rings. The number of nitrogens with one attached hydrogen (secondary N) is 2. The van der Waals surface area contributed by atoms with Gasteiger partial charge in [0.2, 0.25) is 11.8 Å². The molecule has 2 N–H and O–H groups in total. The molecule has 0 aromatic heterocycles. The van der Waals surface area contributed by atoms with Crippen molar-refractivity contribution in [2.24, 2.45) is 11.3 Å². The zero-order valence-electron chi connectivity index (χ0n) is 22.4. The van der Waals surface area contributed by atoms with Gasteiger partial charge >= 0.3 is 0 Å². The minimum atomic E-state index is -0.317. The van der Waals surface area contributed by atoms with Gasteiger partial charge in [-0.25, -0.2) is 0 Å². The summed E-state index contributed by atoms with van der Waals surface area (Å²) in [5.41, 5.74) is 2.22. The van der Waals surface area contributed by atoms with Crippen molar-refractivity contribution in [1.82, 2.24) is 5.32 Å². The molecule has 2 atom stereocenters. The van der Waals surface area contributed by atoms with Gasteiger partial charge in [-0.3, -0.25) is 9.59 Å². The summed E-state index contributed by atoms with van der Waals surface area (Å²) >= 11 is 0. The number of para-hydroxylation sites is 1. The third-order valence-corrected chi connectivity index (χ3v) is 6.41. The largest absolute Gasteiger partial charge is 0.493 e. The van der Waals surface area contributed by atoms with E-state index in [1.165, 1.54) is 0 Å². The lowest BCUT2D eigenvalue weighted by atomic mass is 9.68. The molecule has 2 amide bonds. The molecule has 0 aliphatic carbocycles. The second-order valence-electron chi connectivity index (χ2n) is 10.1. The highest BCUT2D eigenvalue weighted by Gasteiger charge is 2.40. The van der Waals surface area contributed by atoms with Gasteiger partial charge in [0.05, 0.1) is 26.6 Å². The number of likely N-dealkylation sites (N-methyl/N-ethyl adjacent to an activating group) is 1.